The van der Waals surface area contributed by atoms with E-state index < -0.39 is 0 Å². The maximum Gasteiger partial charge on any atom is 0.238 e. The van der Waals surface area contributed by atoms with E-state index in [0.717, 1.165) is 0 Å². The Bertz CT molecular complexity index is 542. The van der Waals surface area contributed by atoms with Gasteiger partial charge in [0.2, 0.25) is 11.8 Å². The fourth-order valence-corrected chi connectivity index (χ4v) is 2.96. The standard InChI is InChI=1S/C15H23N3O3S/c1-9-7-13(17-21-9)16-15(20)11(3)22-8-14(19)18(4)10(2)12-5-6-12/h7,10-12H,5-6,8H2,1-4H3,(H,16,17,20). The van der Waals surface area contributed by atoms with Gasteiger partial charge in [0.1, 0.15) is 5.76 Å². The van der Waals surface area contributed by atoms with Crippen LogP contribution in [-0.2, 0) is 9.59 Å². The van der Waals surface area contributed by atoms with Gasteiger partial charge in [0, 0.05) is 19.2 Å². The van der Waals surface area contributed by atoms with E-state index in [1.807, 2.05) is 7.05 Å². The first-order valence-corrected chi connectivity index (χ1v) is 8.54. The van der Waals surface area contributed by atoms with Gasteiger partial charge in [0.05, 0.1) is 11.0 Å². The van der Waals surface area contributed by atoms with Gasteiger partial charge in [-0.25, -0.2) is 0 Å². The van der Waals surface area contributed by atoms with E-state index >= 15 is 0 Å². The number of hydrogen-bond acceptors (Lipinski definition) is 5. The molecule has 1 heterocycles. The molecule has 1 aliphatic rings. The number of anilines is 1. The molecule has 0 spiro atoms. The minimum Gasteiger partial charge on any atom is -0.360 e. The summed E-state index contributed by atoms with van der Waals surface area (Å²) < 4.78 is 4.90. The summed E-state index contributed by atoms with van der Waals surface area (Å²) >= 11 is 1.33. The van der Waals surface area contributed by atoms with Gasteiger partial charge in [-0.05, 0) is 39.5 Å². The average Bonchev–Trinajstić information content (AvgIpc) is 3.26. The van der Waals surface area contributed by atoms with Crippen LogP contribution in [0.3, 0.4) is 0 Å². The second-order valence-electron chi connectivity index (χ2n) is 5.85. The molecule has 22 heavy (non-hydrogen) atoms. The summed E-state index contributed by atoms with van der Waals surface area (Å²) in [6.07, 6.45) is 2.42. The van der Waals surface area contributed by atoms with Crippen LogP contribution in [0.4, 0.5) is 5.82 Å². The Morgan fingerprint density at radius 2 is 2.18 bits per heavy atom. The lowest BCUT2D eigenvalue weighted by atomic mass is 10.2. The van der Waals surface area contributed by atoms with Crippen molar-refractivity contribution in [3.8, 4) is 0 Å². The lowest BCUT2D eigenvalue weighted by molar-refractivity contribution is -0.129. The lowest BCUT2D eigenvalue weighted by Gasteiger charge is -2.25. The monoisotopic (exact) mass is 325 g/mol. The van der Waals surface area contributed by atoms with Crippen molar-refractivity contribution >= 4 is 29.4 Å². The van der Waals surface area contributed by atoms with Crippen molar-refractivity contribution in [3.05, 3.63) is 11.8 Å². The molecule has 1 aromatic heterocycles. The molecule has 1 N–H and O–H groups in total. The number of rotatable bonds is 7. The number of aryl methyl sites for hydroxylation is 1. The highest BCUT2D eigenvalue weighted by Crippen LogP contribution is 2.34. The van der Waals surface area contributed by atoms with Gasteiger partial charge in [-0.15, -0.1) is 11.8 Å². The van der Waals surface area contributed by atoms with Gasteiger partial charge in [0.25, 0.3) is 0 Å². The zero-order valence-electron chi connectivity index (χ0n) is 13.5. The molecule has 122 valence electrons. The summed E-state index contributed by atoms with van der Waals surface area (Å²) in [4.78, 5) is 26.0. The highest BCUT2D eigenvalue weighted by Gasteiger charge is 2.32. The van der Waals surface area contributed by atoms with Crippen LogP contribution < -0.4 is 5.32 Å². The number of carbonyl (C=O) groups is 2. The molecule has 6 nitrogen and oxygen atoms in total. The number of hydrogen-bond donors (Lipinski definition) is 1. The Kier molecular flexibility index (Phi) is 5.50. The van der Waals surface area contributed by atoms with Crippen LogP contribution in [0, 0.1) is 12.8 Å². The van der Waals surface area contributed by atoms with Gasteiger partial charge in [0.15, 0.2) is 5.82 Å². The number of aromatic nitrogens is 1. The van der Waals surface area contributed by atoms with Crippen LogP contribution in [0.2, 0.25) is 0 Å². The Hall–Kier alpha value is -1.50. The fourth-order valence-electron chi connectivity index (χ4n) is 2.15. The molecule has 0 bridgehead atoms. The topological polar surface area (TPSA) is 75.4 Å². The molecule has 1 aromatic rings. The Balaban J connectivity index is 1.75. The predicted molar refractivity (Wildman–Crippen MR) is 86.7 cm³/mol. The minimum atomic E-state index is -0.328. The maximum absolute atomic E-state index is 12.2. The fraction of sp³-hybridized carbons (Fsp3) is 0.667. The van der Waals surface area contributed by atoms with Crippen molar-refractivity contribution in [1.29, 1.82) is 0 Å². The number of nitrogens with one attached hydrogen (secondary N) is 1. The van der Waals surface area contributed by atoms with Crippen LogP contribution in [-0.4, -0.2) is 46.0 Å². The molecule has 0 aliphatic heterocycles. The summed E-state index contributed by atoms with van der Waals surface area (Å²) in [7, 11) is 1.84. The lowest BCUT2D eigenvalue weighted by Crippen LogP contribution is -2.38. The third kappa shape index (κ3) is 4.50. The summed E-state index contributed by atoms with van der Waals surface area (Å²) in [5.41, 5.74) is 0. The van der Waals surface area contributed by atoms with Crippen LogP contribution >= 0.6 is 11.8 Å². The van der Waals surface area contributed by atoms with Crippen molar-refractivity contribution in [2.45, 2.75) is 44.9 Å². The van der Waals surface area contributed by atoms with Crippen molar-refractivity contribution in [3.63, 3.8) is 0 Å². The molecule has 2 unspecified atom stereocenters. The molecular weight excluding hydrogens is 302 g/mol. The van der Waals surface area contributed by atoms with Gasteiger partial charge in [-0.3, -0.25) is 9.59 Å². The Labute approximate surface area is 135 Å². The second-order valence-corrected chi connectivity index (χ2v) is 7.18. The first-order valence-electron chi connectivity index (χ1n) is 7.50. The number of carbonyl (C=O) groups excluding carboxylic acids is 2. The van der Waals surface area contributed by atoms with E-state index in [-0.39, 0.29) is 23.1 Å². The van der Waals surface area contributed by atoms with E-state index in [1.54, 1.807) is 24.8 Å². The summed E-state index contributed by atoms with van der Waals surface area (Å²) in [5, 5.41) is 6.07. The Morgan fingerprint density at radius 1 is 1.50 bits per heavy atom. The van der Waals surface area contributed by atoms with E-state index in [9.17, 15) is 9.59 Å². The van der Waals surface area contributed by atoms with E-state index in [2.05, 4.69) is 17.4 Å². The molecule has 1 aliphatic carbocycles. The van der Waals surface area contributed by atoms with E-state index in [4.69, 9.17) is 4.52 Å². The molecule has 2 amide bonds. The number of amides is 2. The van der Waals surface area contributed by atoms with Crippen molar-refractivity contribution < 1.29 is 14.1 Å². The van der Waals surface area contributed by atoms with Crippen molar-refractivity contribution in [2.75, 3.05) is 18.1 Å². The van der Waals surface area contributed by atoms with E-state index in [1.165, 1.54) is 24.6 Å². The molecule has 0 aromatic carbocycles. The summed E-state index contributed by atoms with van der Waals surface area (Å²) in [5.74, 6) is 1.89. The third-order valence-electron chi connectivity index (χ3n) is 4.01. The summed E-state index contributed by atoms with van der Waals surface area (Å²) in [6.45, 7) is 5.63. The molecule has 2 rings (SSSR count). The van der Waals surface area contributed by atoms with Crippen molar-refractivity contribution in [1.82, 2.24) is 10.1 Å². The zero-order chi connectivity index (χ0) is 16.3. The van der Waals surface area contributed by atoms with E-state index in [0.29, 0.717) is 23.2 Å². The largest absolute Gasteiger partial charge is 0.360 e. The smallest absolute Gasteiger partial charge is 0.238 e. The number of thioether (sulfide) groups is 1. The van der Waals surface area contributed by atoms with Crippen LogP contribution in [0.5, 0.6) is 0 Å². The highest BCUT2D eigenvalue weighted by atomic mass is 32.2. The minimum absolute atomic E-state index is 0.0707. The zero-order valence-corrected chi connectivity index (χ0v) is 14.3. The molecule has 1 fully saturated rings. The summed E-state index contributed by atoms with van der Waals surface area (Å²) in [6, 6.07) is 1.95. The third-order valence-corrected chi connectivity index (χ3v) is 5.14. The maximum atomic E-state index is 12.2. The van der Waals surface area contributed by atoms with Crippen LogP contribution in [0.15, 0.2) is 10.6 Å². The van der Waals surface area contributed by atoms with Gasteiger partial charge in [-0.1, -0.05) is 5.16 Å². The SMILES string of the molecule is Cc1cc(NC(=O)C(C)SCC(=O)N(C)C(C)C2CC2)no1. The molecule has 0 saturated heterocycles. The van der Waals surface area contributed by atoms with Gasteiger partial charge >= 0.3 is 0 Å². The van der Waals surface area contributed by atoms with Crippen LogP contribution in [0.25, 0.3) is 0 Å². The normalized spacial score (nSPS) is 16.9. The van der Waals surface area contributed by atoms with Gasteiger partial charge in [-0.2, -0.15) is 0 Å². The predicted octanol–water partition coefficient (Wildman–Crippen LogP) is 2.30. The average molecular weight is 325 g/mol. The number of nitrogens with zero attached hydrogens (tertiary/aromatic N) is 2. The van der Waals surface area contributed by atoms with Gasteiger partial charge < -0.3 is 14.7 Å². The molecular formula is C15H23N3O3S. The van der Waals surface area contributed by atoms with Crippen molar-refractivity contribution in [2.24, 2.45) is 5.92 Å². The Morgan fingerprint density at radius 3 is 2.73 bits per heavy atom. The molecule has 2 atom stereocenters. The first-order chi connectivity index (χ1) is 10.4. The first kappa shape index (κ1) is 16.9. The van der Waals surface area contributed by atoms with Crippen LogP contribution in [0.1, 0.15) is 32.4 Å². The molecule has 0 radical (unpaired) electrons. The molecule has 1 saturated carbocycles. The second kappa shape index (κ2) is 7.17. The highest BCUT2D eigenvalue weighted by molar-refractivity contribution is 8.01. The molecule has 7 heteroatoms. The quantitative estimate of drug-likeness (QED) is 0.832.